The number of ether oxygens (including phenoxy) is 1. The quantitative estimate of drug-likeness (QED) is 0.266. The van der Waals surface area contributed by atoms with E-state index < -0.39 is 22.0 Å². The average Bonchev–Trinajstić information content (AvgIpc) is 2.52. The lowest BCUT2D eigenvalue weighted by molar-refractivity contribution is -0.131. The fourth-order valence-corrected chi connectivity index (χ4v) is 3.21. The van der Waals surface area contributed by atoms with Crippen molar-refractivity contribution in [2.45, 2.75) is 31.2 Å². The molecule has 1 atom stereocenters. The molecule has 0 aliphatic carbocycles. The van der Waals surface area contributed by atoms with Gasteiger partial charge >= 0.3 is 0 Å². The van der Waals surface area contributed by atoms with E-state index in [-0.39, 0.29) is 10.8 Å². The number of carbonyl (C=O) groups excluding carboxylic acids is 1. The summed E-state index contributed by atoms with van der Waals surface area (Å²) in [5.41, 5.74) is 1.46. The van der Waals surface area contributed by atoms with Crippen molar-refractivity contribution in [1.82, 2.24) is 10.2 Å². The number of amides is 1. The van der Waals surface area contributed by atoms with Crippen molar-refractivity contribution in [3.63, 3.8) is 0 Å². The highest BCUT2D eigenvalue weighted by molar-refractivity contribution is 7.89. The Kier molecular flexibility index (Phi) is 7.77. The number of rotatable bonds is 9. The number of hydrogen-bond donors (Lipinski definition) is 3. The van der Waals surface area contributed by atoms with Gasteiger partial charge in [-0.25, -0.2) is 13.9 Å². The van der Waals surface area contributed by atoms with Crippen molar-refractivity contribution in [2.24, 2.45) is 5.92 Å². The Bertz CT molecular complexity index is 604. The molecule has 0 saturated heterocycles. The first-order valence-corrected chi connectivity index (χ1v) is 9.08. The van der Waals surface area contributed by atoms with Crippen LogP contribution in [-0.2, 0) is 14.8 Å². The first kappa shape index (κ1) is 19.7. The van der Waals surface area contributed by atoms with Crippen LogP contribution < -0.4 is 14.9 Å². The van der Waals surface area contributed by atoms with Gasteiger partial charge in [-0.15, -0.1) is 11.6 Å². The molecule has 0 heterocycles. The van der Waals surface area contributed by atoms with Gasteiger partial charge in [-0.1, -0.05) is 13.8 Å². The standard InChI is InChI=1S/C14H21ClN2O5S/c1-10(2)13(14(18)16-19)17-23(20,21)12-6-4-11(5-7-12)22-9-3-8-15/h4-7,10,13,17,19H,3,8-9H2,1-2H3,(H,16,18)/t13-/m1/s1. The van der Waals surface area contributed by atoms with Crippen LogP contribution in [-0.4, -0.2) is 38.1 Å². The molecule has 0 unspecified atom stereocenters. The Morgan fingerprint density at radius 2 is 1.91 bits per heavy atom. The van der Waals surface area contributed by atoms with Crippen LogP contribution in [0.2, 0.25) is 0 Å². The van der Waals surface area contributed by atoms with Crippen molar-refractivity contribution < 1.29 is 23.2 Å². The number of nitrogens with one attached hydrogen (secondary N) is 2. The zero-order valence-electron chi connectivity index (χ0n) is 13.0. The summed E-state index contributed by atoms with van der Waals surface area (Å²) in [7, 11) is -3.90. The molecule has 1 rings (SSSR count). The van der Waals surface area contributed by atoms with Crippen LogP contribution >= 0.6 is 11.6 Å². The Morgan fingerprint density at radius 3 is 2.39 bits per heavy atom. The summed E-state index contributed by atoms with van der Waals surface area (Å²) in [4.78, 5) is 11.5. The smallest absolute Gasteiger partial charge is 0.261 e. The number of hydrogen-bond acceptors (Lipinski definition) is 5. The van der Waals surface area contributed by atoms with Crippen molar-refractivity contribution in [2.75, 3.05) is 12.5 Å². The Labute approximate surface area is 141 Å². The predicted octanol–water partition coefficient (Wildman–Crippen LogP) is 1.50. The molecule has 0 aliphatic heterocycles. The van der Waals surface area contributed by atoms with E-state index in [0.29, 0.717) is 24.7 Å². The van der Waals surface area contributed by atoms with Gasteiger partial charge in [0.1, 0.15) is 11.8 Å². The summed E-state index contributed by atoms with van der Waals surface area (Å²) < 4.78 is 32.3. The molecule has 0 spiro atoms. The highest BCUT2D eigenvalue weighted by atomic mass is 35.5. The van der Waals surface area contributed by atoms with E-state index in [1.165, 1.54) is 29.7 Å². The van der Waals surface area contributed by atoms with Crippen LogP contribution in [0, 0.1) is 5.92 Å². The molecule has 0 fully saturated rings. The molecule has 0 bridgehead atoms. The van der Waals surface area contributed by atoms with Gasteiger partial charge < -0.3 is 4.74 Å². The van der Waals surface area contributed by atoms with Gasteiger partial charge in [0.05, 0.1) is 11.5 Å². The van der Waals surface area contributed by atoms with E-state index in [4.69, 9.17) is 21.5 Å². The zero-order valence-corrected chi connectivity index (χ0v) is 14.5. The number of alkyl halides is 1. The first-order valence-electron chi connectivity index (χ1n) is 7.07. The molecule has 130 valence electrons. The molecule has 9 heteroatoms. The van der Waals surface area contributed by atoms with E-state index in [2.05, 4.69) is 4.72 Å². The highest BCUT2D eigenvalue weighted by Gasteiger charge is 2.28. The molecular formula is C14H21ClN2O5S. The van der Waals surface area contributed by atoms with Crippen LogP contribution in [0.3, 0.4) is 0 Å². The summed E-state index contributed by atoms with van der Waals surface area (Å²) >= 11 is 5.55. The molecule has 7 nitrogen and oxygen atoms in total. The monoisotopic (exact) mass is 364 g/mol. The first-order chi connectivity index (χ1) is 10.8. The van der Waals surface area contributed by atoms with Crippen LogP contribution in [0.4, 0.5) is 0 Å². The van der Waals surface area contributed by atoms with Gasteiger partial charge in [-0.2, -0.15) is 4.72 Å². The van der Waals surface area contributed by atoms with E-state index in [1.807, 2.05) is 0 Å². The molecule has 3 N–H and O–H groups in total. The molecule has 23 heavy (non-hydrogen) atoms. The average molecular weight is 365 g/mol. The molecule has 0 radical (unpaired) electrons. The van der Waals surface area contributed by atoms with E-state index in [1.54, 1.807) is 13.8 Å². The predicted molar refractivity (Wildman–Crippen MR) is 86.2 cm³/mol. The van der Waals surface area contributed by atoms with Gasteiger partial charge in [0, 0.05) is 5.88 Å². The van der Waals surface area contributed by atoms with Crippen LogP contribution in [0.5, 0.6) is 5.75 Å². The molecule has 0 saturated carbocycles. The highest BCUT2D eigenvalue weighted by Crippen LogP contribution is 2.17. The summed E-state index contributed by atoms with van der Waals surface area (Å²) in [6.07, 6.45) is 0.690. The van der Waals surface area contributed by atoms with E-state index in [9.17, 15) is 13.2 Å². The zero-order chi connectivity index (χ0) is 17.5. The fraction of sp³-hybridized carbons (Fsp3) is 0.500. The minimum atomic E-state index is -3.90. The largest absolute Gasteiger partial charge is 0.494 e. The second-order valence-corrected chi connectivity index (χ2v) is 7.27. The van der Waals surface area contributed by atoms with Gasteiger partial charge in [-0.3, -0.25) is 10.0 Å². The summed E-state index contributed by atoms with van der Waals surface area (Å²) in [6.45, 7) is 3.77. The SMILES string of the molecule is CC(C)[C@@H](NS(=O)(=O)c1ccc(OCCCCl)cc1)C(=O)NO. The van der Waals surface area contributed by atoms with Gasteiger partial charge in [-0.05, 0) is 36.6 Å². The Morgan fingerprint density at radius 1 is 1.30 bits per heavy atom. The fourth-order valence-electron chi connectivity index (χ4n) is 1.76. The molecule has 1 aromatic rings. The lowest BCUT2D eigenvalue weighted by atomic mass is 10.1. The molecule has 0 aromatic heterocycles. The number of benzene rings is 1. The third-order valence-corrected chi connectivity index (χ3v) is 4.75. The Balaban J connectivity index is 2.84. The maximum absolute atomic E-state index is 12.3. The van der Waals surface area contributed by atoms with Gasteiger partial charge in [0.2, 0.25) is 10.0 Å². The molecule has 1 amide bonds. The minimum Gasteiger partial charge on any atom is -0.494 e. The van der Waals surface area contributed by atoms with Crippen LogP contribution in [0.15, 0.2) is 29.2 Å². The third kappa shape index (κ3) is 5.98. The summed E-state index contributed by atoms with van der Waals surface area (Å²) in [6, 6.07) is 4.74. The Hall–Kier alpha value is -1.35. The van der Waals surface area contributed by atoms with Crippen LogP contribution in [0.1, 0.15) is 20.3 Å². The number of hydroxylamine groups is 1. The lowest BCUT2D eigenvalue weighted by Crippen LogP contribution is -2.48. The second-order valence-electron chi connectivity index (χ2n) is 5.18. The van der Waals surface area contributed by atoms with E-state index in [0.717, 1.165) is 0 Å². The minimum absolute atomic E-state index is 0.00131. The van der Waals surface area contributed by atoms with Crippen molar-refractivity contribution >= 4 is 27.5 Å². The number of halogens is 1. The van der Waals surface area contributed by atoms with Crippen molar-refractivity contribution in [3.05, 3.63) is 24.3 Å². The van der Waals surface area contributed by atoms with Gasteiger partial charge in [0.25, 0.3) is 5.91 Å². The second kappa shape index (κ2) is 9.07. The van der Waals surface area contributed by atoms with Crippen molar-refractivity contribution in [3.8, 4) is 5.75 Å². The summed E-state index contributed by atoms with van der Waals surface area (Å²) in [5, 5.41) is 8.70. The van der Waals surface area contributed by atoms with Crippen molar-refractivity contribution in [1.29, 1.82) is 0 Å². The summed E-state index contributed by atoms with van der Waals surface area (Å²) in [5.74, 6) is -0.137. The van der Waals surface area contributed by atoms with E-state index >= 15 is 0 Å². The normalized spacial score (nSPS) is 12.9. The third-order valence-electron chi connectivity index (χ3n) is 3.02. The molecule has 1 aromatic carbocycles. The lowest BCUT2D eigenvalue weighted by Gasteiger charge is -2.20. The maximum atomic E-state index is 12.3. The number of carbonyl (C=O) groups is 1. The number of sulfonamides is 1. The van der Waals surface area contributed by atoms with Crippen LogP contribution in [0.25, 0.3) is 0 Å². The topological polar surface area (TPSA) is 105 Å². The van der Waals surface area contributed by atoms with Gasteiger partial charge in [0.15, 0.2) is 0 Å². The molecular weight excluding hydrogens is 344 g/mol. The molecule has 0 aliphatic rings. The maximum Gasteiger partial charge on any atom is 0.261 e.